The van der Waals surface area contributed by atoms with E-state index < -0.39 is 0 Å². The Labute approximate surface area is 142 Å². The van der Waals surface area contributed by atoms with E-state index in [1.165, 1.54) is 0 Å². The van der Waals surface area contributed by atoms with Gasteiger partial charge in [-0.15, -0.1) is 0 Å². The number of benzene rings is 1. The minimum absolute atomic E-state index is 0.107. The van der Waals surface area contributed by atoms with Crippen LogP contribution in [0.4, 0.5) is 0 Å². The number of aryl methyl sites for hydroxylation is 1. The van der Waals surface area contributed by atoms with Crippen molar-refractivity contribution in [3.05, 3.63) is 41.6 Å². The van der Waals surface area contributed by atoms with Crippen LogP contribution in [0.2, 0.25) is 0 Å². The van der Waals surface area contributed by atoms with Crippen molar-refractivity contribution in [3.8, 4) is 11.3 Å². The molecule has 2 aromatic rings. The summed E-state index contributed by atoms with van der Waals surface area (Å²) >= 11 is 0. The minimum Gasteiger partial charge on any atom is -0.375 e. The molecule has 0 spiro atoms. The topological polar surface area (TPSA) is 70.2 Å². The van der Waals surface area contributed by atoms with Gasteiger partial charge in [0.05, 0.1) is 30.2 Å². The number of morpholine rings is 1. The highest BCUT2D eigenvalue weighted by Crippen LogP contribution is 2.21. The van der Waals surface area contributed by atoms with Crippen molar-refractivity contribution in [3.63, 3.8) is 0 Å². The molecule has 1 aliphatic heterocycles. The Morgan fingerprint density at radius 3 is 3.17 bits per heavy atom. The molecule has 2 heterocycles. The molecule has 0 unspecified atom stereocenters. The van der Waals surface area contributed by atoms with E-state index in [1.807, 2.05) is 31.2 Å². The highest BCUT2D eigenvalue weighted by Gasteiger charge is 2.19. The fourth-order valence-corrected chi connectivity index (χ4v) is 2.96. The third-order valence-corrected chi connectivity index (χ3v) is 4.28. The van der Waals surface area contributed by atoms with Crippen molar-refractivity contribution in [1.29, 1.82) is 0 Å². The summed E-state index contributed by atoms with van der Waals surface area (Å²) < 4.78 is 5.72. The van der Waals surface area contributed by atoms with Gasteiger partial charge in [0.2, 0.25) is 0 Å². The molecule has 1 aromatic heterocycles. The van der Waals surface area contributed by atoms with E-state index in [2.05, 4.69) is 27.5 Å². The quantitative estimate of drug-likeness (QED) is 0.878. The maximum absolute atomic E-state index is 12.5. The van der Waals surface area contributed by atoms with Crippen LogP contribution in [0.25, 0.3) is 11.3 Å². The van der Waals surface area contributed by atoms with Crippen LogP contribution in [0, 0.1) is 6.92 Å². The summed E-state index contributed by atoms with van der Waals surface area (Å²) in [5.74, 6) is -0.107. The molecule has 24 heavy (non-hydrogen) atoms. The average Bonchev–Trinajstić information content (AvgIpc) is 3.04. The number of carbonyl (C=O) groups is 1. The number of aromatic amines is 1. The van der Waals surface area contributed by atoms with E-state index in [9.17, 15) is 4.79 Å². The predicted molar refractivity (Wildman–Crippen MR) is 92.9 cm³/mol. The van der Waals surface area contributed by atoms with Crippen LogP contribution >= 0.6 is 0 Å². The van der Waals surface area contributed by atoms with E-state index in [0.29, 0.717) is 12.1 Å². The smallest absolute Gasteiger partial charge is 0.255 e. The molecule has 0 saturated carbocycles. The van der Waals surface area contributed by atoms with Crippen molar-refractivity contribution in [2.75, 3.05) is 33.3 Å². The molecule has 1 aliphatic rings. The van der Waals surface area contributed by atoms with Gasteiger partial charge in [0.15, 0.2) is 0 Å². The van der Waals surface area contributed by atoms with Gasteiger partial charge >= 0.3 is 0 Å². The molecule has 1 aromatic carbocycles. The highest BCUT2D eigenvalue weighted by molar-refractivity contribution is 5.99. The molecule has 0 bridgehead atoms. The zero-order valence-corrected chi connectivity index (χ0v) is 14.2. The second kappa shape index (κ2) is 7.59. The first-order chi connectivity index (χ1) is 11.6. The van der Waals surface area contributed by atoms with Crippen LogP contribution in [-0.4, -0.2) is 60.4 Å². The molecule has 6 heteroatoms. The van der Waals surface area contributed by atoms with E-state index in [-0.39, 0.29) is 12.0 Å². The van der Waals surface area contributed by atoms with Gasteiger partial charge in [0.25, 0.3) is 5.91 Å². The summed E-state index contributed by atoms with van der Waals surface area (Å²) in [7, 11) is 2.09. The Kier molecular flexibility index (Phi) is 5.27. The molecule has 2 N–H and O–H groups in total. The van der Waals surface area contributed by atoms with Crippen molar-refractivity contribution in [2.24, 2.45) is 0 Å². The number of rotatable bonds is 5. The Morgan fingerprint density at radius 1 is 1.50 bits per heavy atom. The lowest BCUT2D eigenvalue weighted by atomic mass is 10.1. The van der Waals surface area contributed by atoms with E-state index >= 15 is 0 Å². The Bertz CT molecular complexity index is 698. The summed E-state index contributed by atoms with van der Waals surface area (Å²) in [6.07, 6.45) is 2.58. The van der Waals surface area contributed by atoms with Gasteiger partial charge in [-0.2, -0.15) is 5.10 Å². The van der Waals surface area contributed by atoms with E-state index in [1.54, 1.807) is 6.20 Å². The molecule has 6 nitrogen and oxygen atoms in total. The fraction of sp³-hybridized carbons (Fsp3) is 0.444. The van der Waals surface area contributed by atoms with Gasteiger partial charge in [-0.25, -0.2) is 0 Å². The summed E-state index contributed by atoms with van der Waals surface area (Å²) in [6.45, 7) is 5.26. The Morgan fingerprint density at radius 2 is 2.38 bits per heavy atom. The monoisotopic (exact) mass is 328 g/mol. The van der Waals surface area contributed by atoms with Crippen LogP contribution < -0.4 is 5.32 Å². The maximum atomic E-state index is 12.5. The zero-order chi connectivity index (χ0) is 16.9. The lowest BCUT2D eigenvalue weighted by Crippen LogP contribution is -2.41. The molecule has 0 aliphatic carbocycles. The first kappa shape index (κ1) is 16.7. The molecule has 1 saturated heterocycles. The van der Waals surface area contributed by atoms with E-state index in [0.717, 1.165) is 42.9 Å². The lowest BCUT2D eigenvalue weighted by molar-refractivity contribution is -0.0225. The number of nitrogens with zero attached hydrogens (tertiary/aromatic N) is 2. The predicted octanol–water partition coefficient (Wildman–Crippen LogP) is 1.84. The second-order valence-corrected chi connectivity index (χ2v) is 6.33. The van der Waals surface area contributed by atoms with Crippen LogP contribution in [-0.2, 0) is 4.74 Å². The first-order valence-electron chi connectivity index (χ1n) is 8.32. The molecule has 0 radical (unpaired) electrons. The minimum atomic E-state index is -0.107. The Hall–Kier alpha value is -2.18. The molecule has 1 atom stereocenters. The summed E-state index contributed by atoms with van der Waals surface area (Å²) in [5.41, 5.74) is 3.44. The van der Waals surface area contributed by atoms with Crippen molar-refractivity contribution in [2.45, 2.75) is 19.4 Å². The number of ether oxygens (including phenoxy) is 1. The lowest BCUT2D eigenvalue weighted by Gasteiger charge is -2.30. The number of likely N-dealkylation sites (N-methyl/N-ethyl adjacent to an activating group) is 1. The summed E-state index contributed by atoms with van der Waals surface area (Å²) in [4.78, 5) is 14.7. The number of nitrogens with one attached hydrogen (secondary N) is 2. The van der Waals surface area contributed by atoms with Gasteiger partial charge in [0, 0.05) is 25.2 Å². The van der Waals surface area contributed by atoms with Crippen molar-refractivity contribution >= 4 is 5.91 Å². The maximum Gasteiger partial charge on any atom is 0.255 e. The number of H-pyrrole nitrogens is 1. The number of hydrogen-bond donors (Lipinski definition) is 2. The molecule has 128 valence electrons. The molecule has 1 amide bonds. The molecule has 3 rings (SSSR count). The highest BCUT2D eigenvalue weighted by atomic mass is 16.5. The van der Waals surface area contributed by atoms with Gasteiger partial charge < -0.3 is 15.0 Å². The first-order valence-corrected chi connectivity index (χ1v) is 8.32. The summed E-state index contributed by atoms with van der Waals surface area (Å²) in [6, 6.07) is 8.02. The van der Waals surface area contributed by atoms with Gasteiger partial charge in [-0.3, -0.25) is 9.89 Å². The number of carbonyl (C=O) groups excluding carboxylic acids is 1. The molecular formula is C18H24N4O2. The number of hydrogen-bond acceptors (Lipinski definition) is 4. The van der Waals surface area contributed by atoms with Crippen LogP contribution in [0.1, 0.15) is 22.3 Å². The largest absolute Gasteiger partial charge is 0.375 e. The molecular weight excluding hydrogens is 304 g/mol. The standard InChI is InChI=1S/C18H24N4O2/c1-13-4-3-5-14(10-13)17-16(11-20-21-17)18(23)19-7-6-15-12-22(2)8-9-24-15/h3-5,10-11,15H,6-9,12H2,1-2H3,(H,19,23)(H,20,21)/t15-/m0/s1. The van der Waals surface area contributed by atoms with Crippen LogP contribution in [0.3, 0.4) is 0 Å². The third-order valence-electron chi connectivity index (χ3n) is 4.28. The number of aromatic nitrogens is 2. The van der Waals surface area contributed by atoms with Crippen molar-refractivity contribution < 1.29 is 9.53 Å². The van der Waals surface area contributed by atoms with Gasteiger partial charge in [-0.1, -0.05) is 23.8 Å². The average molecular weight is 328 g/mol. The second-order valence-electron chi connectivity index (χ2n) is 6.33. The molecule has 1 fully saturated rings. The van der Waals surface area contributed by atoms with Gasteiger partial charge in [-0.05, 0) is 26.5 Å². The summed E-state index contributed by atoms with van der Waals surface area (Å²) in [5, 5.41) is 9.95. The third kappa shape index (κ3) is 4.01. The zero-order valence-electron chi connectivity index (χ0n) is 14.2. The van der Waals surface area contributed by atoms with Crippen LogP contribution in [0.5, 0.6) is 0 Å². The van der Waals surface area contributed by atoms with Gasteiger partial charge in [0.1, 0.15) is 0 Å². The Balaban J connectivity index is 1.59. The number of amides is 1. The fourth-order valence-electron chi connectivity index (χ4n) is 2.96. The van der Waals surface area contributed by atoms with Crippen LogP contribution in [0.15, 0.2) is 30.5 Å². The normalized spacial score (nSPS) is 18.5. The van der Waals surface area contributed by atoms with Crippen molar-refractivity contribution in [1.82, 2.24) is 20.4 Å². The SMILES string of the molecule is Cc1cccc(-c2[nH]ncc2C(=O)NCC[C@H]2CN(C)CCO2)c1. The van der Waals surface area contributed by atoms with E-state index in [4.69, 9.17) is 4.74 Å².